The van der Waals surface area contributed by atoms with Crippen molar-refractivity contribution in [3.63, 3.8) is 0 Å². The number of hydrogen-bond acceptors (Lipinski definition) is 3. The van der Waals surface area contributed by atoms with Crippen LogP contribution in [0.5, 0.6) is 11.5 Å². The molecule has 0 heterocycles. The molecule has 0 aliphatic heterocycles. The lowest BCUT2D eigenvalue weighted by molar-refractivity contribution is 0.455. The number of nitrogen functional groups attached to an aromatic ring is 1. The Balaban J connectivity index is 3.31. The predicted molar refractivity (Wildman–Crippen MR) is 41.9 cm³/mol. The molecule has 0 aliphatic carbocycles. The summed E-state index contributed by atoms with van der Waals surface area (Å²) >= 11 is 3.07. The third kappa shape index (κ3) is 1.16. The Labute approximate surface area is 66.2 Å². The standard InChI is InChI=1S/C6H6BrNO2/c7-3-1-4(9)6(8)5(10)2-3/h1-2,9-10H,8H2. The maximum absolute atomic E-state index is 8.97. The monoisotopic (exact) mass is 203 g/mol. The van der Waals surface area contributed by atoms with Crippen molar-refractivity contribution in [2.45, 2.75) is 0 Å². The number of nitrogens with two attached hydrogens (primary N) is 1. The summed E-state index contributed by atoms with van der Waals surface area (Å²) in [7, 11) is 0. The average Bonchev–Trinajstić information content (AvgIpc) is 1.82. The summed E-state index contributed by atoms with van der Waals surface area (Å²) in [5, 5.41) is 17.9. The van der Waals surface area contributed by atoms with Crippen molar-refractivity contribution in [2.24, 2.45) is 0 Å². The quantitative estimate of drug-likeness (QED) is 0.442. The fourth-order valence-electron chi connectivity index (χ4n) is 0.590. The lowest BCUT2D eigenvalue weighted by atomic mass is 10.3. The first kappa shape index (κ1) is 7.21. The van der Waals surface area contributed by atoms with Crippen LogP contribution in [0.25, 0.3) is 0 Å². The SMILES string of the molecule is Nc1c(O)cc(Br)cc1O. The van der Waals surface area contributed by atoms with E-state index in [0.29, 0.717) is 4.47 Å². The second-order valence-corrected chi connectivity index (χ2v) is 2.77. The number of phenolic OH excluding ortho intramolecular Hbond substituents is 2. The van der Waals surface area contributed by atoms with Crippen LogP contribution in [0, 0.1) is 0 Å². The number of anilines is 1. The highest BCUT2D eigenvalue weighted by atomic mass is 79.9. The van der Waals surface area contributed by atoms with E-state index in [9.17, 15) is 0 Å². The van der Waals surface area contributed by atoms with Gasteiger partial charge in [0.2, 0.25) is 0 Å². The van der Waals surface area contributed by atoms with Crippen molar-refractivity contribution in [1.29, 1.82) is 0 Å². The first-order valence-electron chi connectivity index (χ1n) is 2.58. The Morgan fingerprint density at radius 1 is 1.20 bits per heavy atom. The van der Waals surface area contributed by atoms with Crippen molar-refractivity contribution < 1.29 is 10.2 Å². The van der Waals surface area contributed by atoms with E-state index in [1.807, 2.05) is 0 Å². The van der Waals surface area contributed by atoms with Crippen LogP contribution in [0.2, 0.25) is 0 Å². The molecule has 0 spiro atoms. The molecule has 1 aromatic carbocycles. The molecular formula is C6H6BrNO2. The normalized spacial score (nSPS) is 9.70. The van der Waals surface area contributed by atoms with Crippen LogP contribution >= 0.6 is 15.9 Å². The van der Waals surface area contributed by atoms with Gasteiger partial charge in [0, 0.05) is 4.47 Å². The molecule has 10 heavy (non-hydrogen) atoms. The highest BCUT2D eigenvalue weighted by Crippen LogP contribution is 2.33. The highest BCUT2D eigenvalue weighted by Gasteiger charge is 2.02. The van der Waals surface area contributed by atoms with E-state index in [0.717, 1.165) is 0 Å². The molecule has 0 saturated carbocycles. The fraction of sp³-hybridized carbons (Fsp3) is 0. The van der Waals surface area contributed by atoms with Crippen molar-refractivity contribution in [1.82, 2.24) is 0 Å². The zero-order valence-corrected chi connectivity index (χ0v) is 6.59. The molecule has 0 unspecified atom stereocenters. The second-order valence-electron chi connectivity index (χ2n) is 1.86. The number of rotatable bonds is 0. The van der Waals surface area contributed by atoms with Crippen LogP contribution in [0.15, 0.2) is 16.6 Å². The molecule has 0 aromatic heterocycles. The van der Waals surface area contributed by atoms with Gasteiger partial charge in [-0.25, -0.2) is 0 Å². The van der Waals surface area contributed by atoms with E-state index in [1.165, 1.54) is 12.1 Å². The van der Waals surface area contributed by atoms with Crippen LogP contribution in [-0.2, 0) is 0 Å². The van der Waals surface area contributed by atoms with Gasteiger partial charge in [0.15, 0.2) is 0 Å². The van der Waals surface area contributed by atoms with Crippen molar-refractivity contribution in [2.75, 3.05) is 5.73 Å². The molecule has 0 fully saturated rings. The lowest BCUT2D eigenvalue weighted by Gasteiger charge is -2.00. The van der Waals surface area contributed by atoms with Gasteiger partial charge >= 0.3 is 0 Å². The number of hydrogen-bond donors (Lipinski definition) is 3. The molecule has 4 heteroatoms. The van der Waals surface area contributed by atoms with Gasteiger partial charge in [-0.05, 0) is 12.1 Å². The molecule has 0 amide bonds. The minimum absolute atomic E-state index is 0.00296. The summed E-state index contributed by atoms with van der Waals surface area (Å²) in [6, 6.07) is 2.82. The van der Waals surface area contributed by atoms with E-state index in [4.69, 9.17) is 15.9 Å². The Kier molecular flexibility index (Phi) is 1.72. The molecule has 54 valence electrons. The molecule has 4 N–H and O–H groups in total. The van der Waals surface area contributed by atoms with Crippen LogP contribution in [0.4, 0.5) is 5.69 Å². The molecule has 0 aliphatic rings. The van der Waals surface area contributed by atoms with Gasteiger partial charge in [-0.2, -0.15) is 0 Å². The van der Waals surface area contributed by atoms with Gasteiger partial charge < -0.3 is 15.9 Å². The molecule has 3 nitrogen and oxygen atoms in total. The topological polar surface area (TPSA) is 66.5 Å². The van der Waals surface area contributed by atoms with Gasteiger partial charge in [-0.15, -0.1) is 0 Å². The predicted octanol–water partition coefficient (Wildman–Crippen LogP) is 1.44. The van der Waals surface area contributed by atoms with Crippen molar-refractivity contribution in [3.05, 3.63) is 16.6 Å². The maximum atomic E-state index is 8.97. The summed E-state index contributed by atoms with van der Waals surface area (Å²) in [6.45, 7) is 0. The Bertz CT molecular complexity index is 239. The summed E-state index contributed by atoms with van der Waals surface area (Å²) in [5.74, 6) is -0.237. The lowest BCUT2D eigenvalue weighted by Crippen LogP contribution is -1.85. The van der Waals surface area contributed by atoms with E-state index in [-0.39, 0.29) is 17.2 Å². The van der Waals surface area contributed by atoms with E-state index < -0.39 is 0 Å². The largest absolute Gasteiger partial charge is 0.506 e. The number of aromatic hydroxyl groups is 2. The third-order valence-corrected chi connectivity index (χ3v) is 1.56. The van der Waals surface area contributed by atoms with E-state index in [1.54, 1.807) is 0 Å². The third-order valence-electron chi connectivity index (χ3n) is 1.10. The number of phenols is 2. The Hall–Kier alpha value is -0.900. The zero-order chi connectivity index (χ0) is 7.72. The summed E-state index contributed by atoms with van der Waals surface area (Å²) < 4.78 is 0.594. The summed E-state index contributed by atoms with van der Waals surface area (Å²) in [4.78, 5) is 0. The van der Waals surface area contributed by atoms with Crippen molar-refractivity contribution >= 4 is 21.6 Å². The minimum atomic E-state index is -0.119. The highest BCUT2D eigenvalue weighted by molar-refractivity contribution is 9.10. The van der Waals surface area contributed by atoms with Gasteiger partial charge in [0.25, 0.3) is 0 Å². The zero-order valence-electron chi connectivity index (χ0n) is 5.00. The van der Waals surface area contributed by atoms with Crippen LogP contribution < -0.4 is 5.73 Å². The maximum Gasteiger partial charge on any atom is 0.143 e. The van der Waals surface area contributed by atoms with Gasteiger partial charge in [0.05, 0.1) is 0 Å². The smallest absolute Gasteiger partial charge is 0.143 e. The first-order chi connectivity index (χ1) is 4.61. The van der Waals surface area contributed by atoms with Crippen LogP contribution in [-0.4, -0.2) is 10.2 Å². The van der Waals surface area contributed by atoms with Crippen LogP contribution in [0.3, 0.4) is 0 Å². The second kappa shape index (κ2) is 2.38. The first-order valence-corrected chi connectivity index (χ1v) is 3.37. The molecule has 1 rings (SSSR count). The van der Waals surface area contributed by atoms with Gasteiger partial charge in [-0.1, -0.05) is 15.9 Å². The van der Waals surface area contributed by atoms with E-state index >= 15 is 0 Å². The molecule has 1 aromatic rings. The summed E-state index contributed by atoms with van der Waals surface area (Å²) in [5.41, 5.74) is 5.23. The average molecular weight is 204 g/mol. The van der Waals surface area contributed by atoms with Gasteiger partial charge in [0.1, 0.15) is 17.2 Å². The minimum Gasteiger partial charge on any atom is -0.506 e. The van der Waals surface area contributed by atoms with Gasteiger partial charge in [-0.3, -0.25) is 0 Å². The molecule has 0 bridgehead atoms. The molecule has 0 radical (unpaired) electrons. The van der Waals surface area contributed by atoms with Crippen molar-refractivity contribution in [3.8, 4) is 11.5 Å². The Morgan fingerprint density at radius 2 is 1.60 bits per heavy atom. The van der Waals surface area contributed by atoms with Crippen LogP contribution in [0.1, 0.15) is 0 Å². The Morgan fingerprint density at radius 3 is 2.00 bits per heavy atom. The number of halogens is 1. The molecule has 0 atom stereocenters. The molecular weight excluding hydrogens is 198 g/mol. The summed E-state index contributed by atoms with van der Waals surface area (Å²) in [6.07, 6.45) is 0. The number of benzene rings is 1. The molecule has 0 saturated heterocycles. The van der Waals surface area contributed by atoms with E-state index in [2.05, 4.69) is 15.9 Å². The fourth-order valence-corrected chi connectivity index (χ4v) is 1.02.